The van der Waals surface area contributed by atoms with Gasteiger partial charge in [-0.15, -0.1) is 0 Å². The first-order chi connectivity index (χ1) is 32.8. The number of ketones is 2. The number of aryl methyl sites for hydroxylation is 1. The van der Waals surface area contributed by atoms with Crippen LogP contribution >= 0.6 is 23.1 Å². The van der Waals surface area contributed by atoms with E-state index in [0.29, 0.717) is 81.6 Å². The average molecular weight is 1010 g/mol. The van der Waals surface area contributed by atoms with Gasteiger partial charge in [0.1, 0.15) is 35.8 Å². The predicted molar refractivity (Wildman–Crippen MR) is 269 cm³/mol. The lowest BCUT2D eigenvalue weighted by atomic mass is 9.92. The van der Waals surface area contributed by atoms with Crippen LogP contribution in [0, 0.1) is 6.92 Å². The third-order valence-corrected chi connectivity index (χ3v) is 15.9. The van der Waals surface area contributed by atoms with E-state index >= 15 is 0 Å². The van der Waals surface area contributed by atoms with Crippen LogP contribution in [0.25, 0.3) is 11.0 Å². The number of aromatic nitrogens is 4. The molecule has 2 N–H and O–H groups in total. The Bertz CT molecular complexity index is 2760. The largest absolute Gasteiger partial charge is 0.494 e. The third-order valence-electron chi connectivity index (χ3n) is 13.8. The normalized spacial score (nSPS) is 18.6. The smallest absolute Gasteiger partial charge is 0.255 e. The van der Waals surface area contributed by atoms with E-state index in [1.807, 2.05) is 24.3 Å². The maximum atomic E-state index is 13.5. The summed E-state index contributed by atoms with van der Waals surface area (Å²) in [5.74, 6) is 1.96. The fourth-order valence-corrected chi connectivity index (χ4v) is 11.9. The first kappa shape index (κ1) is 47.6. The van der Waals surface area contributed by atoms with Gasteiger partial charge in [0.25, 0.3) is 5.91 Å². The molecule has 2 saturated heterocycles. The number of hydrogen-bond acceptors (Lipinski definition) is 15. The summed E-state index contributed by atoms with van der Waals surface area (Å²) >= 11 is 3.59. The molecule has 0 radical (unpaired) electrons. The van der Waals surface area contributed by atoms with Crippen LogP contribution in [0.2, 0.25) is 0 Å². The number of piperidine rings is 1. The number of methoxy groups -OCH3 is 1. The van der Waals surface area contributed by atoms with Crippen molar-refractivity contribution in [2.24, 2.45) is 0 Å². The summed E-state index contributed by atoms with van der Waals surface area (Å²) in [6, 6.07) is 13.5. The summed E-state index contributed by atoms with van der Waals surface area (Å²) in [7, 11) is -1.09. The van der Waals surface area contributed by atoms with Gasteiger partial charge in [0.2, 0.25) is 5.95 Å². The number of hydrogen-bond donors (Lipinski definition) is 2. The van der Waals surface area contributed by atoms with Crippen molar-refractivity contribution < 1.29 is 28.4 Å². The van der Waals surface area contributed by atoms with Crippen molar-refractivity contribution >= 4 is 85.7 Å². The van der Waals surface area contributed by atoms with E-state index in [1.54, 1.807) is 50.0 Å². The van der Waals surface area contributed by atoms with Crippen molar-refractivity contribution in [1.82, 2.24) is 34.6 Å². The van der Waals surface area contributed by atoms with Gasteiger partial charge in [-0.2, -0.15) is 4.98 Å². The van der Waals surface area contributed by atoms with E-state index in [0.717, 1.165) is 106 Å². The fourth-order valence-electron chi connectivity index (χ4n) is 10.2. The Kier molecular flexibility index (Phi) is 14.4. The molecule has 1 saturated carbocycles. The second-order valence-electron chi connectivity index (χ2n) is 18.7. The van der Waals surface area contributed by atoms with Crippen LogP contribution in [0.4, 0.5) is 28.8 Å². The van der Waals surface area contributed by atoms with Crippen LogP contribution in [0.15, 0.2) is 65.5 Å². The van der Waals surface area contributed by atoms with E-state index in [4.69, 9.17) is 14.5 Å². The number of unbranched alkanes of at least 4 members (excludes halogenated alkanes) is 2. The summed E-state index contributed by atoms with van der Waals surface area (Å²) in [5.41, 5.74) is 6.42. The molecular weight excluding hydrogens is 947 g/mol. The first-order valence-corrected chi connectivity index (χ1v) is 27.1. The maximum absolute atomic E-state index is 13.5. The zero-order valence-corrected chi connectivity index (χ0v) is 41.8. The van der Waals surface area contributed by atoms with E-state index < -0.39 is 13.2 Å². The van der Waals surface area contributed by atoms with Crippen molar-refractivity contribution in [2.45, 2.75) is 76.9 Å². The van der Waals surface area contributed by atoms with Crippen LogP contribution < -0.4 is 30.3 Å². The molecule has 16 nitrogen and oxygen atoms in total. The molecule has 3 aliphatic heterocycles. The number of ether oxygens (including phenoxy) is 2. The molecule has 4 aliphatic rings. The Labute approximate surface area is 406 Å². The van der Waals surface area contributed by atoms with Crippen molar-refractivity contribution in [3.8, 4) is 11.5 Å². The van der Waals surface area contributed by atoms with Gasteiger partial charge in [-0.3, -0.25) is 29.3 Å². The molecule has 18 heteroatoms. The van der Waals surface area contributed by atoms with Gasteiger partial charge in [0.15, 0.2) is 5.78 Å². The Hall–Kier alpha value is -5.48. The van der Waals surface area contributed by atoms with Crippen LogP contribution in [-0.4, -0.2) is 137 Å². The molecule has 3 aromatic carbocycles. The third kappa shape index (κ3) is 10.4. The summed E-state index contributed by atoms with van der Waals surface area (Å²) in [6.45, 7) is 13.9. The van der Waals surface area contributed by atoms with Gasteiger partial charge >= 0.3 is 0 Å². The number of nitrogens with zero attached hydrogens (tertiary/aromatic N) is 8. The molecule has 1 amide bonds. The quantitative estimate of drug-likeness (QED) is 0.0558. The molecule has 0 spiro atoms. The van der Waals surface area contributed by atoms with E-state index in [2.05, 4.69) is 75.3 Å². The minimum absolute atomic E-state index is 0.0419. The second-order valence-corrected chi connectivity index (χ2v) is 22.7. The van der Waals surface area contributed by atoms with Crippen molar-refractivity contribution in [3.05, 3.63) is 82.2 Å². The van der Waals surface area contributed by atoms with Crippen molar-refractivity contribution in [1.29, 1.82) is 0 Å². The number of anilines is 5. The van der Waals surface area contributed by atoms with Crippen LogP contribution in [0.5, 0.6) is 11.5 Å². The number of piperazine rings is 1. The highest BCUT2D eigenvalue weighted by Gasteiger charge is 2.40. The number of Topliss-reactive ketones (excluding diaryl/α,β-unsaturated/α-hetero) is 2. The summed E-state index contributed by atoms with van der Waals surface area (Å²) in [4.78, 5) is 65.2. The first-order valence-electron chi connectivity index (χ1n) is 23.7. The van der Waals surface area contributed by atoms with Gasteiger partial charge in [-0.05, 0) is 117 Å². The number of benzene rings is 3. The topological polar surface area (TPSA) is 175 Å². The van der Waals surface area contributed by atoms with Gasteiger partial charge in [0, 0.05) is 93.2 Å². The Morgan fingerprint density at radius 2 is 1.66 bits per heavy atom. The number of rotatable bonds is 16. The Morgan fingerprint density at radius 1 is 0.868 bits per heavy atom. The Morgan fingerprint density at radius 3 is 2.43 bits per heavy atom. The number of fused-ring (bicyclic) bond motifs is 2. The van der Waals surface area contributed by atoms with Gasteiger partial charge in [0.05, 0.1) is 59.4 Å². The van der Waals surface area contributed by atoms with E-state index in [1.165, 1.54) is 0 Å². The standard InChI is InChI=1S/C50H60BrN10O6P/c1-32-27-40(56-50-54-30-37(51)48(57-50)55-39-13-12-38-46(53-18-17-52-38)47(39)68(3,4)65)45(66-2)29-42(32)60-20-15-33(16-21-60)59-24-22-58(23-25-59)19-6-5-7-26-67-44-10-8-9-35-36(44)31-61(49(35)64)41-14-11-34(62)28-43(41)63/h8-10,12-13,17-18,27,29-30,33,41H,5-7,11,14-16,19-26,28,31H2,1-4H3,(H2,54,55,56,57). The highest BCUT2D eigenvalue weighted by Crippen LogP contribution is 2.42. The molecule has 3 fully saturated rings. The highest BCUT2D eigenvalue weighted by molar-refractivity contribution is 9.10. The monoisotopic (exact) mass is 1010 g/mol. The molecule has 9 rings (SSSR count). The lowest BCUT2D eigenvalue weighted by Crippen LogP contribution is -2.53. The fraction of sp³-hybridized carbons (Fsp3) is 0.460. The number of amides is 1. The number of carbonyl (C=O) groups excluding carboxylic acids is 3. The molecule has 68 heavy (non-hydrogen) atoms. The lowest BCUT2D eigenvalue weighted by molar-refractivity contribution is -0.133. The number of halogens is 1. The molecule has 0 bridgehead atoms. The predicted octanol–water partition coefficient (Wildman–Crippen LogP) is 7.72. The van der Waals surface area contributed by atoms with E-state index in [-0.39, 0.29) is 23.9 Å². The molecule has 1 atom stereocenters. The average Bonchev–Trinajstić information content (AvgIpc) is 3.67. The van der Waals surface area contributed by atoms with Gasteiger partial charge < -0.3 is 39.4 Å². The SMILES string of the molecule is COc1cc(N2CCC(N3CCN(CCCCCOc4cccc5c4CN(C4CCC(=O)CC4=O)C5=O)CC3)CC2)c(C)cc1Nc1ncc(Br)c(Nc2ccc3nccnc3c2P(C)(C)=O)n1. The molecule has 5 aromatic rings. The van der Waals surface area contributed by atoms with Crippen LogP contribution in [0.1, 0.15) is 72.9 Å². The number of carbonyl (C=O) groups is 3. The molecular formula is C50H60BrN10O6P. The Balaban J connectivity index is 0.719. The maximum Gasteiger partial charge on any atom is 0.255 e. The van der Waals surface area contributed by atoms with Crippen LogP contribution in [-0.2, 0) is 20.7 Å². The molecule has 2 aromatic heterocycles. The van der Waals surface area contributed by atoms with Crippen molar-refractivity contribution in [2.75, 3.05) is 88.4 Å². The summed E-state index contributed by atoms with van der Waals surface area (Å²) < 4.78 is 26.3. The number of nitrogens with one attached hydrogen (secondary N) is 2. The summed E-state index contributed by atoms with van der Waals surface area (Å²) in [6.07, 6.45) is 10.9. The second kappa shape index (κ2) is 20.6. The minimum atomic E-state index is -2.77. The molecule has 1 aliphatic carbocycles. The lowest BCUT2D eigenvalue weighted by Gasteiger charge is -2.43. The summed E-state index contributed by atoms with van der Waals surface area (Å²) in [5, 5.41) is 7.37. The molecule has 5 heterocycles. The van der Waals surface area contributed by atoms with E-state index in [9.17, 15) is 18.9 Å². The van der Waals surface area contributed by atoms with Gasteiger partial charge in [-0.25, -0.2) is 4.98 Å². The zero-order valence-electron chi connectivity index (χ0n) is 39.3. The van der Waals surface area contributed by atoms with Crippen molar-refractivity contribution in [3.63, 3.8) is 0 Å². The minimum Gasteiger partial charge on any atom is -0.494 e. The van der Waals surface area contributed by atoms with Crippen LogP contribution in [0.3, 0.4) is 0 Å². The van der Waals surface area contributed by atoms with Gasteiger partial charge in [-0.1, -0.05) is 6.07 Å². The zero-order chi connectivity index (χ0) is 47.5. The highest BCUT2D eigenvalue weighted by atomic mass is 79.9. The molecule has 358 valence electrons. The molecule has 1 unspecified atom stereocenters.